The van der Waals surface area contributed by atoms with E-state index in [0.29, 0.717) is 41.3 Å². The molecule has 0 spiro atoms. The lowest BCUT2D eigenvalue weighted by Gasteiger charge is -2.28. The summed E-state index contributed by atoms with van der Waals surface area (Å²) in [6, 6.07) is 4.73. The van der Waals surface area contributed by atoms with Crippen molar-refractivity contribution in [2.75, 3.05) is 19.7 Å². The van der Waals surface area contributed by atoms with Gasteiger partial charge in [0.05, 0.1) is 42.0 Å². The lowest BCUT2D eigenvalue weighted by atomic mass is 10.0. The Labute approximate surface area is 212 Å². The van der Waals surface area contributed by atoms with Crippen LogP contribution in [0.25, 0.3) is 16.8 Å². The third-order valence-electron chi connectivity index (χ3n) is 6.50. The second kappa shape index (κ2) is 10.2. The molecule has 0 saturated carbocycles. The number of nitrogens with zero attached hydrogens (tertiary/aromatic N) is 8. The highest BCUT2D eigenvalue weighted by atomic mass is 19.1. The summed E-state index contributed by atoms with van der Waals surface area (Å²) in [5.74, 6) is 5.87. The molecule has 1 fully saturated rings. The smallest absolute Gasteiger partial charge is 0.179 e. The second-order valence-corrected chi connectivity index (χ2v) is 8.80. The monoisotopic (exact) mass is 500 g/mol. The number of likely N-dealkylation sites (tertiary alicyclic amines) is 1. The fraction of sp³-hybridized carbons (Fsp3) is 0.346. The summed E-state index contributed by atoms with van der Waals surface area (Å²) < 4.78 is 23.2. The molecule has 1 atom stereocenters. The van der Waals surface area contributed by atoms with Gasteiger partial charge in [0.2, 0.25) is 0 Å². The number of aliphatic hydroxyl groups excluding tert-OH is 1. The zero-order valence-electron chi connectivity index (χ0n) is 20.5. The lowest BCUT2D eigenvalue weighted by Crippen LogP contribution is -2.31. The maximum atomic E-state index is 13.4. The average Bonchev–Trinajstić information content (AvgIpc) is 3.51. The second-order valence-electron chi connectivity index (χ2n) is 8.80. The summed E-state index contributed by atoms with van der Waals surface area (Å²) >= 11 is 0. The fourth-order valence-corrected chi connectivity index (χ4v) is 4.62. The van der Waals surface area contributed by atoms with Gasteiger partial charge in [-0.3, -0.25) is 4.98 Å². The van der Waals surface area contributed by atoms with Gasteiger partial charge in [0.1, 0.15) is 22.8 Å². The van der Waals surface area contributed by atoms with E-state index in [0.717, 1.165) is 30.3 Å². The molecule has 1 aliphatic rings. The molecule has 0 unspecified atom stereocenters. The van der Waals surface area contributed by atoms with Crippen molar-refractivity contribution >= 4 is 5.52 Å². The zero-order valence-corrected chi connectivity index (χ0v) is 20.5. The maximum absolute atomic E-state index is 13.4. The van der Waals surface area contributed by atoms with E-state index in [4.69, 9.17) is 10.00 Å². The number of rotatable bonds is 6. The molecule has 1 N–H and O–H groups in total. The Morgan fingerprint density at radius 1 is 1.27 bits per heavy atom. The van der Waals surface area contributed by atoms with Crippen molar-refractivity contribution in [3.63, 3.8) is 0 Å². The SMILES string of the molecule is CC#Cc1cnn2cc(-c3nnn(C4CCN(C#N)CC4)c3C)cc(O[C@H](CO)c3ccc(F)cn3)c12. The van der Waals surface area contributed by atoms with Crippen LogP contribution in [0.15, 0.2) is 36.8 Å². The largest absolute Gasteiger partial charge is 0.479 e. The maximum Gasteiger partial charge on any atom is 0.179 e. The molecule has 11 heteroatoms. The van der Waals surface area contributed by atoms with Crippen LogP contribution in [0, 0.1) is 36.0 Å². The van der Waals surface area contributed by atoms with Gasteiger partial charge in [-0.1, -0.05) is 11.1 Å². The van der Waals surface area contributed by atoms with Crippen LogP contribution in [0.3, 0.4) is 0 Å². The molecular formula is C26H25FN8O2. The number of pyridine rings is 2. The van der Waals surface area contributed by atoms with Gasteiger partial charge in [0.25, 0.3) is 0 Å². The van der Waals surface area contributed by atoms with Crippen LogP contribution in [0.4, 0.5) is 4.39 Å². The van der Waals surface area contributed by atoms with Gasteiger partial charge in [0.15, 0.2) is 12.3 Å². The summed E-state index contributed by atoms with van der Waals surface area (Å²) in [6.45, 7) is 4.71. The van der Waals surface area contributed by atoms with Crippen LogP contribution >= 0.6 is 0 Å². The first-order valence-electron chi connectivity index (χ1n) is 11.9. The number of hydrogen-bond donors (Lipinski definition) is 1. The van der Waals surface area contributed by atoms with Gasteiger partial charge >= 0.3 is 0 Å². The van der Waals surface area contributed by atoms with E-state index < -0.39 is 11.9 Å². The Kier molecular flexibility index (Phi) is 6.71. The standard InChI is InChI=1S/C26H25FN8O2/c1-3-4-18-12-30-34-14-19(25-17(2)35(32-31-25)21-7-9-33(16-28)10-8-21)11-23(26(18)34)37-24(15-36)22-6-5-20(27)13-29-22/h5-6,11-14,21,24,36H,7-10,15H2,1-2H3/t24-/m1/s1. The number of ether oxygens (including phenoxy) is 1. The Hall–Kier alpha value is -4.48. The first-order chi connectivity index (χ1) is 18.0. The van der Waals surface area contributed by atoms with E-state index in [1.165, 1.54) is 12.1 Å². The summed E-state index contributed by atoms with van der Waals surface area (Å²) in [7, 11) is 0. The zero-order chi connectivity index (χ0) is 25.9. The predicted octanol–water partition coefficient (Wildman–Crippen LogP) is 3.04. The van der Waals surface area contributed by atoms with Crippen molar-refractivity contribution < 1.29 is 14.2 Å². The molecule has 0 radical (unpaired) electrons. The minimum atomic E-state index is -0.834. The number of nitriles is 1. The van der Waals surface area contributed by atoms with E-state index in [9.17, 15) is 9.50 Å². The van der Waals surface area contributed by atoms with Crippen LogP contribution in [0.1, 0.15) is 48.9 Å². The molecule has 0 aliphatic carbocycles. The number of aliphatic hydroxyl groups is 1. The minimum absolute atomic E-state index is 0.157. The molecule has 4 aromatic heterocycles. The molecule has 0 amide bonds. The molecule has 1 saturated heterocycles. The molecule has 0 aromatic carbocycles. The molecule has 0 bridgehead atoms. The third kappa shape index (κ3) is 4.69. The quantitative estimate of drug-likeness (QED) is 0.317. The molecule has 1 aliphatic heterocycles. The molecule has 37 heavy (non-hydrogen) atoms. The molecule has 10 nitrogen and oxygen atoms in total. The van der Waals surface area contributed by atoms with E-state index in [2.05, 4.69) is 38.4 Å². The molecule has 4 aromatic rings. The summed E-state index contributed by atoms with van der Waals surface area (Å²) in [4.78, 5) is 5.83. The van der Waals surface area contributed by atoms with Crippen LogP contribution in [-0.2, 0) is 0 Å². The lowest BCUT2D eigenvalue weighted by molar-refractivity contribution is 0.114. The van der Waals surface area contributed by atoms with Gasteiger partial charge in [0, 0.05) is 24.8 Å². The predicted molar refractivity (Wildman–Crippen MR) is 132 cm³/mol. The van der Waals surface area contributed by atoms with Crippen molar-refractivity contribution in [2.45, 2.75) is 38.8 Å². The fourth-order valence-electron chi connectivity index (χ4n) is 4.62. The molecule has 5 rings (SSSR count). The highest BCUT2D eigenvalue weighted by Gasteiger charge is 2.25. The van der Waals surface area contributed by atoms with E-state index in [1.54, 1.807) is 22.5 Å². The van der Waals surface area contributed by atoms with Crippen molar-refractivity contribution in [3.05, 3.63) is 59.6 Å². The summed E-state index contributed by atoms with van der Waals surface area (Å²) in [6.07, 6.45) is 7.57. The number of piperidine rings is 1. The Bertz CT molecular complexity index is 1520. The van der Waals surface area contributed by atoms with Gasteiger partial charge in [-0.05, 0) is 44.9 Å². The highest BCUT2D eigenvalue weighted by molar-refractivity contribution is 5.75. The van der Waals surface area contributed by atoms with Gasteiger partial charge in [-0.25, -0.2) is 13.6 Å². The van der Waals surface area contributed by atoms with Gasteiger partial charge in [-0.2, -0.15) is 10.4 Å². The van der Waals surface area contributed by atoms with Gasteiger partial charge < -0.3 is 14.7 Å². The highest BCUT2D eigenvalue weighted by Crippen LogP contribution is 2.34. The van der Waals surface area contributed by atoms with Crippen LogP contribution in [-0.4, -0.2) is 59.3 Å². The first-order valence-corrected chi connectivity index (χ1v) is 11.9. The van der Waals surface area contributed by atoms with Crippen LogP contribution in [0.2, 0.25) is 0 Å². The minimum Gasteiger partial charge on any atom is -0.479 e. The molecular weight excluding hydrogens is 475 g/mol. The summed E-state index contributed by atoms with van der Waals surface area (Å²) in [5, 5.41) is 32.6. The van der Waals surface area contributed by atoms with E-state index in [-0.39, 0.29) is 12.6 Å². The topological polar surface area (TPSA) is 117 Å². The number of halogens is 1. The van der Waals surface area contributed by atoms with Crippen molar-refractivity contribution in [2.24, 2.45) is 0 Å². The van der Waals surface area contributed by atoms with Crippen LogP contribution in [0.5, 0.6) is 5.75 Å². The number of aromatic nitrogens is 6. The van der Waals surface area contributed by atoms with Crippen molar-refractivity contribution in [3.8, 4) is 35.0 Å². The van der Waals surface area contributed by atoms with E-state index in [1.807, 2.05) is 23.9 Å². The Balaban J connectivity index is 1.55. The number of hydrogen-bond acceptors (Lipinski definition) is 8. The summed E-state index contributed by atoms with van der Waals surface area (Å²) in [5.41, 5.74) is 3.98. The number of fused-ring (bicyclic) bond motifs is 1. The van der Waals surface area contributed by atoms with Gasteiger partial charge in [-0.15, -0.1) is 11.0 Å². The average molecular weight is 501 g/mol. The molecule has 188 valence electrons. The third-order valence-corrected chi connectivity index (χ3v) is 6.50. The Morgan fingerprint density at radius 2 is 2.08 bits per heavy atom. The first kappa shape index (κ1) is 24.2. The van der Waals surface area contributed by atoms with Crippen LogP contribution < -0.4 is 4.74 Å². The van der Waals surface area contributed by atoms with E-state index >= 15 is 0 Å². The normalized spacial score (nSPS) is 14.7. The Morgan fingerprint density at radius 3 is 2.76 bits per heavy atom. The van der Waals surface area contributed by atoms with Crippen molar-refractivity contribution in [1.82, 2.24) is 34.5 Å². The van der Waals surface area contributed by atoms with Crippen molar-refractivity contribution in [1.29, 1.82) is 5.26 Å². The molecule has 5 heterocycles.